The van der Waals surface area contributed by atoms with Crippen LogP contribution in [0.3, 0.4) is 0 Å². The van der Waals surface area contributed by atoms with Gasteiger partial charge in [-0.3, -0.25) is 9.59 Å². The number of hydrogen-bond donors (Lipinski definition) is 1. The van der Waals surface area contributed by atoms with Crippen LogP contribution in [-0.4, -0.2) is 24.5 Å². The highest BCUT2D eigenvalue weighted by Gasteiger charge is 2.31. The van der Waals surface area contributed by atoms with Gasteiger partial charge in [0.25, 0.3) is 5.91 Å². The smallest absolute Gasteiger partial charge is 0.268 e. The Bertz CT molecular complexity index is 608. The van der Waals surface area contributed by atoms with Crippen molar-refractivity contribution in [2.75, 3.05) is 16.8 Å². The van der Waals surface area contributed by atoms with Crippen molar-refractivity contribution in [3.05, 3.63) is 30.9 Å². The van der Waals surface area contributed by atoms with Crippen molar-refractivity contribution < 1.29 is 14.3 Å². The number of nitrogens with zero attached hydrogens (tertiary/aromatic N) is 1. The maximum absolute atomic E-state index is 12.3. The lowest BCUT2D eigenvalue weighted by atomic mass is 10.0. The van der Waals surface area contributed by atoms with Crippen LogP contribution >= 0.6 is 0 Å². The number of fused-ring (bicyclic) bond motifs is 1. The van der Waals surface area contributed by atoms with Gasteiger partial charge in [0.05, 0.1) is 5.69 Å². The van der Waals surface area contributed by atoms with Crippen LogP contribution in [0.1, 0.15) is 33.6 Å². The van der Waals surface area contributed by atoms with Gasteiger partial charge in [0.1, 0.15) is 5.75 Å². The second kappa shape index (κ2) is 7.31. The molecule has 0 saturated heterocycles. The Balaban J connectivity index is 2.28. The third kappa shape index (κ3) is 3.55. The Morgan fingerprint density at radius 3 is 2.74 bits per heavy atom. The number of nitrogens with one attached hydrogen (secondary N) is 1. The number of hydrogen-bond acceptors (Lipinski definition) is 3. The number of rotatable bonds is 6. The lowest BCUT2D eigenvalue weighted by Crippen LogP contribution is -2.44. The highest BCUT2D eigenvalue weighted by atomic mass is 16.5. The summed E-state index contributed by atoms with van der Waals surface area (Å²) in [4.78, 5) is 26.1. The molecule has 1 aromatic rings. The van der Waals surface area contributed by atoms with Crippen LogP contribution in [-0.2, 0) is 9.59 Å². The van der Waals surface area contributed by atoms with Crippen molar-refractivity contribution >= 4 is 23.2 Å². The van der Waals surface area contributed by atoms with Crippen LogP contribution in [0.15, 0.2) is 30.9 Å². The van der Waals surface area contributed by atoms with Crippen molar-refractivity contribution in [1.29, 1.82) is 0 Å². The predicted molar refractivity (Wildman–Crippen MR) is 91.8 cm³/mol. The van der Waals surface area contributed by atoms with Gasteiger partial charge in [0, 0.05) is 18.2 Å². The summed E-state index contributed by atoms with van der Waals surface area (Å²) in [7, 11) is 0. The molecule has 0 saturated carbocycles. The highest BCUT2D eigenvalue weighted by Crippen LogP contribution is 2.36. The molecule has 23 heavy (non-hydrogen) atoms. The molecule has 2 amide bonds. The molecule has 1 aromatic carbocycles. The molecule has 0 aromatic heterocycles. The van der Waals surface area contributed by atoms with Crippen molar-refractivity contribution in [3.63, 3.8) is 0 Å². The zero-order valence-corrected chi connectivity index (χ0v) is 14.0. The van der Waals surface area contributed by atoms with E-state index in [9.17, 15) is 9.59 Å². The van der Waals surface area contributed by atoms with Gasteiger partial charge in [-0.25, -0.2) is 0 Å². The van der Waals surface area contributed by atoms with E-state index in [-0.39, 0.29) is 17.7 Å². The first-order chi connectivity index (χ1) is 11.0. The van der Waals surface area contributed by atoms with Crippen LogP contribution in [0.4, 0.5) is 11.4 Å². The Hall–Kier alpha value is -2.30. The maximum atomic E-state index is 12.3. The molecule has 1 unspecified atom stereocenters. The summed E-state index contributed by atoms with van der Waals surface area (Å²) in [5.74, 6) is 0.523. The summed E-state index contributed by atoms with van der Waals surface area (Å²) in [6, 6.07) is 5.37. The molecule has 0 fully saturated rings. The Labute approximate surface area is 137 Å². The third-order valence-electron chi connectivity index (χ3n) is 4.10. The molecule has 124 valence electrons. The minimum atomic E-state index is -0.521. The quantitative estimate of drug-likeness (QED) is 0.819. The standard InChI is InChI=1S/C18H24N2O3/c1-5-10-20-15-11-14(19-17(21)13(6-2)7-3)8-9-16(15)23-12(4)18(20)22/h5,8-9,11-13H,1,6-7,10H2,2-4H3,(H,19,21). The summed E-state index contributed by atoms with van der Waals surface area (Å²) >= 11 is 0. The van der Waals surface area contributed by atoms with Gasteiger partial charge in [-0.1, -0.05) is 19.9 Å². The van der Waals surface area contributed by atoms with Crippen molar-refractivity contribution in [2.24, 2.45) is 5.92 Å². The van der Waals surface area contributed by atoms with Gasteiger partial charge >= 0.3 is 0 Å². The average molecular weight is 316 g/mol. The molecular formula is C18H24N2O3. The fourth-order valence-corrected chi connectivity index (χ4v) is 2.71. The van der Waals surface area contributed by atoms with Crippen LogP contribution in [0.25, 0.3) is 0 Å². The normalized spacial score (nSPS) is 16.8. The summed E-state index contributed by atoms with van der Waals surface area (Å²) in [5.41, 5.74) is 1.33. The minimum Gasteiger partial charge on any atom is -0.479 e. The van der Waals surface area contributed by atoms with E-state index >= 15 is 0 Å². The van der Waals surface area contributed by atoms with E-state index in [1.807, 2.05) is 13.8 Å². The fourth-order valence-electron chi connectivity index (χ4n) is 2.71. The summed E-state index contributed by atoms with van der Waals surface area (Å²) < 4.78 is 5.63. The number of anilines is 2. The van der Waals surface area contributed by atoms with E-state index in [4.69, 9.17) is 4.74 Å². The molecule has 0 spiro atoms. The predicted octanol–water partition coefficient (Wildman–Crippen LogP) is 3.36. The van der Waals surface area contributed by atoms with Crippen LogP contribution in [0.2, 0.25) is 0 Å². The first-order valence-corrected chi connectivity index (χ1v) is 8.05. The zero-order chi connectivity index (χ0) is 17.0. The summed E-state index contributed by atoms with van der Waals surface area (Å²) in [5, 5.41) is 2.92. The summed E-state index contributed by atoms with van der Waals surface area (Å²) in [6.07, 6.45) is 2.76. The minimum absolute atomic E-state index is 0.00152. The Morgan fingerprint density at radius 1 is 1.43 bits per heavy atom. The molecule has 1 aliphatic heterocycles. The van der Waals surface area contributed by atoms with Gasteiger partial charge in [-0.05, 0) is 38.0 Å². The zero-order valence-electron chi connectivity index (χ0n) is 14.0. The van der Waals surface area contributed by atoms with E-state index in [1.54, 1.807) is 36.1 Å². The average Bonchev–Trinajstić information content (AvgIpc) is 2.53. The monoisotopic (exact) mass is 316 g/mol. The van der Waals surface area contributed by atoms with E-state index < -0.39 is 6.10 Å². The molecule has 5 nitrogen and oxygen atoms in total. The summed E-state index contributed by atoms with van der Waals surface area (Å²) in [6.45, 7) is 9.83. The second-order valence-corrected chi connectivity index (χ2v) is 5.68. The van der Waals surface area contributed by atoms with Gasteiger partial charge in [-0.15, -0.1) is 6.58 Å². The lowest BCUT2D eigenvalue weighted by molar-refractivity contribution is -0.125. The molecule has 0 radical (unpaired) electrons. The van der Waals surface area contributed by atoms with E-state index in [2.05, 4.69) is 11.9 Å². The number of carbonyl (C=O) groups excluding carboxylic acids is 2. The number of carbonyl (C=O) groups is 2. The van der Waals surface area contributed by atoms with Crippen LogP contribution in [0.5, 0.6) is 5.75 Å². The Kier molecular flexibility index (Phi) is 5.42. The first kappa shape index (κ1) is 17.1. The number of benzene rings is 1. The molecule has 1 heterocycles. The van der Waals surface area contributed by atoms with Gasteiger partial charge in [0.15, 0.2) is 6.10 Å². The maximum Gasteiger partial charge on any atom is 0.268 e. The van der Waals surface area contributed by atoms with E-state index in [1.165, 1.54) is 0 Å². The number of ether oxygens (including phenoxy) is 1. The molecule has 1 atom stereocenters. The fraction of sp³-hybridized carbons (Fsp3) is 0.444. The number of amides is 2. The molecule has 0 bridgehead atoms. The lowest BCUT2D eigenvalue weighted by Gasteiger charge is -2.32. The second-order valence-electron chi connectivity index (χ2n) is 5.68. The molecule has 1 N–H and O–H groups in total. The van der Waals surface area contributed by atoms with E-state index in [0.717, 1.165) is 12.8 Å². The van der Waals surface area contributed by atoms with E-state index in [0.29, 0.717) is 23.7 Å². The molecule has 1 aliphatic rings. The van der Waals surface area contributed by atoms with Crippen molar-refractivity contribution in [3.8, 4) is 5.75 Å². The largest absolute Gasteiger partial charge is 0.479 e. The molecule has 0 aliphatic carbocycles. The van der Waals surface area contributed by atoms with Crippen LogP contribution in [0, 0.1) is 5.92 Å². The van der Waals surface area contributed by atoms with Crippen LogP contribution < -0.4 is 15.0 Å². The Morgan fingerprint density at radius 2 is 2.13 bits per heavy atom. The molecular weight excluding hydrogens is 292 g/mol. The third-order valence-corrected chi connectivity index (χ3v) is 4.10. The van der Waals surface area contributed by atoms with Gasteiger partial charge in [0.2, 0.25) is 5.91 Å². The SMILES string of the molecule is C=CCN1C(=O)C(C)Oc2ccc(NC(=O)C(CC)CC)cc21. The van der Waals surface area contributed by atoms with Crippen molar-refractivity contribution in [2.45, 2.75) is 39.7 Å². The highest BCUT2D eigenvalue weighted by molar-refractivity contribution is 6.01. The topological polar surface area (TPSA) is 58.6 Å². The molecule has 5 heteroatoms. The van der Waals surface area contributed by atoms with Gasteiger partial charge < -0.3 is 15.0 Å². The first-order valence-electron chi connectivity index (χ1n) is 8.05. The van der Waals surface area contributed by atoms with Crippen molar-refractivity contribution in [1.82, 2.24) is 0 Å². The molecule has 2 rings (SSSR count). The van der Waals surface area contributed by atoms with Gasteiger partial charge in [-0.2, -0.15) is 0 Å².